The summed E-state index contributed by atoms with van der Waals surface area (Å²) in [6.07, 6.45) is 1.96. The number of amides is 1. The maximum Gasteiger partial charge on any atom is 0.261 e. The summed E-state index contributed by atoms with van der Waals surface area (Å²) >= 11 is 2.88. The van der Waals surface area contributed by atoms with E-state index in [1.807, 2.05) is 49.5 Å². The summed E-state index contributed by atoms with van der Waals surface area (Å²) in [4.78, 5) is 22.5. The predicted molar refractivity (Wildman–Crippen MR) is 108 cm³/mol. The van der Waals surface area contributed by atoms with Crippen molar-refractivity contribution in [2.45, 2.75) is 4.90 Å². The number of nitrogens with zero attached hydrogens (tertiary/aromatic N) is 3. The number of anilines is 1. The Morgan fingerprint density at radius 3 is 2.69 bits per heavy atom. The van der Waals surface area contributed by atoms with Gasteiger partial charge in [-0.25, -0.2) is 9.37 Å². The van der Waals surface area contributed by atoms with Gasteiger partial charge in [-0.3, -0.25) is 9.69 Å². The van der Waals surface area contributed by atoms with Crippen LogP contribution in [-0.4, -0.2) is 49.2 Å². The molecule has 0 aliphatic heterocycles. The maximum absolute atomic E-state index is 13.5. The zero-order valence-electron chi connectivity index (χ0n) is 14.9. The van der Waals surface area contributed by atoms with Gasteiger partial charge in [-0.2, -0.15) is 0 Å². The largest absolute Gasteiger partial charge is 0.308 e. The highest BCUT2D eigenvalue weighted by Crippen LogP contribution is 2.31. The lowest BCUT2D eigenvalue weighted by molar-refractivity contribution is 0.0982. The molecule has 0 radical (unpaired) electrons. The Morgan fingerprint density at radius 2 is 1.96 bits per heavy atom. The van der Waals surface area contributed by atoms with E-state index in [9.17, 15) is 9.18 Å². The summed E-state index contributed by atoms with van der Waals surface area (Å²) in [5.41, 5.74) is 1.36. The summed E-state index contributed by atoms with van der Waals surface area (Å²) < 4.78 is 14.2. The molecule has 0 unspecified atom stereocenters. The van der Waals surface area contributed by atoms with Crippen molar-refractivity contribution in [1.82, 2.24) is 9.88 Å². The Kier molecular flexibility index (Phi) is 5.90. The lowest BCUT2D eigenvalue weighted by Crippen LogP contribution is -2.37. The molecule has 7 heteroatoms. The molecular formula is C19H20FN3OS2. The first-order chi connectivity index (χ1) is 12.5. The number of carbonyl (C=O) groups is 1. The second-order valence-corrected chi connectivity index (χ2v) is 7.93. The van der Waals surface area contributed by atoms with E-state index in [0.29, 0.717) is 29.3 Å². The Balaban J connectivity index is 2.01. The van der Waals surface area contributed by atoms with E-state index in [0.717, 1.165) is 9.60 Å². The molecule has 0 aliphatic rings. The van der Waals surface area contributed by atoms with Crippen LogP contribution in [-0.2, 0) is 0 Å². The molecule has 4 nitrogen and oxygen atoms in total. The zero-order valence-corrected chi connectivity index (χ0v) is 16.5. The van der Waals surface area contributed by atoms with E-state index < -0.39 is 0 Å². The van der Waals surface area contributed by atoms with Crippen molar-refractivity contribution in [2.24, 2.45) is 0 Å². The van der Waals surface area contributed by atoms with Crippen molar-refractivity contribution in [3.8, 4) is 0 Å². The van der Waals surface area contributed by atoms with E-state index in [2.05, 4.69) is 4.98 Å². The molecule has 0 spiro atoms. The Labute approximate surface area is 160 Å². The lowest BCUT2D eigenvalue weighted by Gasteiger charge is -2.22. The van der Waals surface area contributed by atoms with Crippen molar-refractivity contribution >= 4 is 44.4 Å². The van der Waals surface area contributed by atoms with E-state index >= 15 is 0 Å². The molecule has 0 bridgehead atoms. The van der Waals surface area contributed by atoms with Crippen LogP contribution in [0.5, 0.6) is 0 Å². The van der Waals surface area contributed by atoms with Crippen molar-refractivity contribution in [3.63, 3.8) is 0 Å². The normalized spacial score (nSPS) is 11.3. The van der Waals surface area contributed by atoms with Crippen molar-refractivity contribution in [3.05, 3.63) is 53.8 Å². The first-order valence-electron chi connectivity index (χ1n) is 8.15. The van der Waals surface area contributed by atoms with Gasteiger partial charge in [0.15, 0.2) is 5.13 Å². The third kappa shape index (κ3) is 4.06. The van der Waals surface area contributed by atoms with Gasteiger partial charge >= 0.3 is 0 Å². The molecule has 0 fully saturated rings. The molecule has 1 heterocycles. The Hall–Kier alpha value is -1.96. The number of hydrogen-bond donors (Lipinski definition) is 0. The van der Waals surface area contributed by atoms with Gasteiger partial charge < -0.3 is 4.90 Å². The Morgan fingerprint density at radius 1 is 1.19 bits per heavy atom. The number of rotatable bonds is 6. The molecule has 0 saturated heterocycles. The third-order valence-corrected chi connectivity index (χ3v) is 5.76. The van der Waals surface area contributed by atoms with Crippen LogP contribution in [0.4, 0.5) is 9.52 Å². The predicted octanol–water partition coefficient (Wildman–Crippen LogP) is 4.37. The van der Waals surface area contributed by atoms with Crippen LogP contribution >= 0.6 is 23.1 Å². The van der Waals surface area contributed by atoms with Gasteiger partial charge in [-0.15, -0.1) is 11.8 Å². The van der Waals surface area contributed by atoms with Gasteiger partial charge in [-0.1, -0.05) is 23.5 Å². The van der Waals surface area contributed by atoms with Crippen molar-refractivity contribution in [1.29, 1.82) is 0 Å². The monoisotopic (exact) mass is 389 g/mol. The van der Waals surface area contributed by atoms with Crippen molar-refractivity contribution < 1.29 is 9.18 Å². The maximum atomic E-state index is 13.5. The highest BCUT2D eigenvalue weighted by molar-refractivity contribution is 7.98. The van der Waals surface area contributed by atoms with Gasteiger partial charge in [-0.05, 0) is 50.7 Å². The fourth-order valence-electron chi connectivity index (χ4n) is 2.55. The minimum absolute atomic E-state index is 0.0867. The number of thiazole rings is 1. The molecule has 26 heavy (non-hydrogen) atoms. The SMILES string of the molecule is CSc1ccccc1C(=O)N(CCN(C)C)c1nc2ccc(F)cc2s1. The minimum atomic E-state index is -0.299. The molecule has 1 aromatic heterocycles. The van der Waals surface area contributed by atoms with E-state index in [-0.39, 0.29) is 11.7 Å². The topological polar surface area (TPSA) is 36.4 Å². The fraction of sp³-hybridized carbons (Fsp3) is 0.263. The van der Waals surface area contributed by atoms with E-state index in [1.165, 1.54) is 23.5 Å². The van der Waals surface area contributed by atoms with Crippen LogP contribution in [0.2, 0.25) is 0 Å². The van der Waals surface area contributed by atoms with Crippen LogP contribution in [0.1, 0.15) is 10.4 Å². The average molecular weight is 390 g/mol. The quantitative estimate of drug-likeness (QED) is 0.587. The summed E-state index contributed by atoms with van der Waals surface area (Å²) in [6, 6.07) is 12.1. The number of likely N-dealkylation sites (N-methyl/N-ethyl adjacent to an activating group) is 1. The fourth-order valence-corrected chi connectivity index (χ4v) is 4.16. The average Bonchev–Trinajstić information content (AvgIpc) is 3.04. The summed E-state index contributed by atoms with van der Waals surface area (Å²) in [5, 5.41) is 0.591. The number of carbonyl (C=O) groups excluding carboxylic acids is 1. The molecule has 2 aromatic carbocycles. The summed E-state index contributed by atoms with van der Waals surface area (Å²) in [7, 11) is 3.93. The van der Waals surface area contributed by atoms with Crippen LogP contribution < -0.4 is 4.90 Å². The number of halogens is 1. The van der Waals surface area contributed by atoms with Gasteiger partial charge in [0.2, 0.25) is 0 Å². The van der Waals surface area contributed by atoms with Crippen LogP contribution in [0.3, 0.4) is 0 Å². The van der Waals surface area contributed by atoms with Crippen LogP contribution in [0.25, 0.3) is 10.2 Å². The standard InChI is InChI=1S/C19H20FN3OS2/c1-22(2)10-11-23(18(24)14-6-4-5-7-16(14)25-3)19-21-15-9-8-13(20)12-17(15)26-19/h4-9,12H,10-11H2,1-3H3. The number of fused-ring (bicyclic) bond motifs is 1. The van der Waals surface area contributed by atoms with Crippen molar-refractivity contribution in [2.75, 3.05) is 38.3 Å². The van der Waals surface area contributed by atoms with Gasteiger partial charge in [0.05, 0.1) is 15.8 Å². The second-order valence-electron chi connectivity index (χ2n) is 6.07. The first kappa shape index (κ1) is 18.8. The lowest BCUT2D eigenvalue weighted by atomic mass is 10.2. The van der Waals surface area contributed by atoms with Gasteiger partial charge in [0.1, 0.15) is 5.82 Å². The van der Waals surface area contributed by atoms with Gasteiger partial charge in [0, 0.05) is 18.0 Å². The molecular weight excluding hydrogens is 369 g/mol. The summed E-state index contributed by atoms with van der Waals surface area (Å²) in [6.45, 7) is 1.22. The number of benzene rings is 2. The molecule has 136 valence electrons. The summed E-state index contributed by atoms with van der Waals surface area (Å²) in [5.74, 6) is -0.386. The highest BCUT2D eigenvalue weighted by Gasteiger charge is 2.23. The smallest absolute Gasteiger partial charge is 0.261 e. The van der Waals surface area contributed by atoms with Gasteiger partial charge in [0.25, 0.3) is 5.91 Å². The van der Waals surface area contributed by atoms with E-state index in [1.54, 1.807) is 22.7 Å². The molecule has 3 aromatic rings. The third-order valence-electron chi connectivity index (χ3n) is 3.92. The Bertz CT molecular complexity index is 926. The second kappa shape index (κ2) is 8.16. The highest BCUT2D eigenvalue weighted by atomic mass is 32.2. The van der Waals surface area contributed by atoms with Crippen LogP contribution in [0, 0.1) is 5.82 Å². The number of thioether (sulfide) groups is 1. The molecule has 0 aliphatic carbocycles. The molecule has 1 amide bonds. The number of aromatic nitrogens is 1. The molecule has 3 rings (SSSR count). The van der Waals surface area contributed by atoms with Crippen LogP contribution in [0.15, 0.2) is 47.4 Å². The molecule has 0 atom stereocenters. The molecule has 0 N–H and O–H groups in total. The zero-order chi connectivity index (χ0) is 18.7. The number of hydrogen-bond acceptors (Lipinski definition) is 5. The van der Waals surface area contributed by atoms with E-state index in [4.69, 9.17) is 0 Å². The molecule has 0 saturated carbocycles. The first-order valence-corrected chi connectivity index (χ1v) is 10.2. The minimum Gasteiger partial charge on any atom is -0.308 e.